The highest BCUT2D eigenvalue weighted by Crippen LogP contribution is 2.13. The van der Waals surface area contributed by atoms with Crippen LogP contribution in [0.15, 0.2) is 36.5 Å². The minimum absolute atomic E-state index is 0.0991. The number of aromatic nitrogens is 1. The number of nitrogens with one attached hydrogen (secondary N) is 1. The van der Waals surface area contributed by atoms with Crippen molar-refractivity contribution in [2.75, 3.05) is 5.32 Å². The largest absolute Gasteiger partial charge is 0.310 e. The van der Waals surface area contributed by atoms with E-state index in [1.54, 1.807) is 18.3 Å². The second-order valence-electron chi connectivity index (χ2n) is 4.50. The standard InChI is InChI=1S/C15H15ClN2O/c1-10-3-4-12(7-11(10)2)8-15(19)18-14-9-13(16)5-6-17-14/h3-7,9H,8H2,1-2H3,(H,17,18,19). The van der Waals surface area contributed by atoms with Gasteiger partial charge in [0.15, 0.2) is 0 Å². The number of amides is 1. The maximum atomic E-state index is 11.9. The molecule has 2 rings (SSSR count). The third-order valence-corrected chi connectivity index (χ3v) is 3.16. The molecule has 0 aliphatic heterocycles. The number of anilines is 1. The molecule has 1 aromatic carbocycles. The summed E-state index contributed by atoms with van der Waals surface area (Å²) in [7, 11) is 0. The van der Waals surface area contributed by atoms with Crippen molar-refractivity contribution in [1.82, 2.24) is 4.98 Å². The van der Waals surface area contributed by atoms with Crippen LogP contribution in [0.5, 0.6) is 0 Å². The lowest BCUT2D eigenvalue weighted by Crippen LogP contribution is -2.15. The number of rotatable bonds is 3. The molecule has 0 unspecified atom stereocenters. The summed E-state index contributed by atoms with van der Waals surface area (Å²) in [4.78, 5) is 15.9. The van der Waals surface area contributed by atoms with Gasteiger partial charge in [0.1, 0.15) is 5.82 Å². The summed E-state index contributed by atoms with van der Waals surface area (Å²) < 4.78 is 0. The van der Waals surface area contributed by atoms with Crippen molar-refractivity contribution in [3.63, 3.8) is 0 Å². The fourth-order valence-electron chi connectivity index (χ4n) is 1.76. The summed E-state index contributed by atoms with van der Waals surface area (Å²) in [5.74, 6) is 0.374. The van der Waals surface area contributed by atoms with E-state index >= 15 is 0 Å². The summed E-state index contributed by atoms with van der Waals surface area (Å²) in [6, 6.07) is 9.31. The molecule has 0 saturated carbocycles. The van der Waals surface area contributed by atoms with Gasteiger partial charge in [-0.3, -0.25) is 4.79 Å². The first-order valence-corrected chi connectivity index (χ1v) is 6.40. The fraction of sp³-hybridized carbons (Fsp3) is 0.200. The first kappa shape index (κ1) is 13.6. The van der Waals surface area contributed by atoms with Gasteiger partial charge in [0.2, 0.25) is 5.91 Å². The molecule has 0 aliphatic carbocycles. The second kappa shape index (κ2) is 5.85. The Morgan fingerprint density at radius 3 is 2.68 bits per heavy atom. The number of hydrogen-bond donors (Lipinski definition) is 1. The number of carbonyl (C=O) groups is 1. The van der Waals surface area contributed by atoms with Crippen molar-refractivity contribution in [3.05, 3.63) is 58.2 Å². The van der Waals surface area contributed by atoms with Crippen LogP contribution in [0.2, 0.25) is 5.02 Å². The van der Waals surface area contributed by atoms with Gasteiger partial charge in [0.25, 0.3) is 0 Å². The van der Waals surface area contributed by atoms with Crippen LogP contribution in [0.4, 0.5) is 5.82 Å². The number of halogens is 1. The molecule has 19 heavy (non-hydrogen) atoms. The minimum Gasteiger partial charge on any atom is -0.310 e. The smallest absolute Gasteiger partial charge is 0.229 e. The van der Waals surface area contributed by atoms with Crippen molar-refractivity contribution in [1.29, 1.82) is 0 Å². The molecule has 1 heterocycles. The van der Waals surface area contributed by atoms with Gasteiger partial charge in [0.05, 0.1) is 6.42 Å². The lowest BCUT2D eigenvalue weighted by molar-refractivity contribution is -0.115. The fourth-order valence-corrected chi connectivity index (χ4v) is 1.92. The van der Waals surface area contributed by atoms with Gasteiger partial charge in [0, 0.05) is 11.2 Å². The molecule has 1 N–H and O–H groups in total. The van der Waals surface area contributed by atoms with Crippen LogP contribution in [0.25, 0.3) is 0 Å². The monoisotopic (exact) mass is 274 g/mol. The summed E-state index contributed by atoms with van der Waals surface area (Å²) >= 11 is 5.84. The molecule has 0 saturated heterocycles. The molecule has 4 heteroatoms. The number of nitrogens with zero attached hydrogens (tertiary/aromatic N) is 1. The van der Waals surface area contributed by atoms with Gasteiger partial charge < -0.3 is 5.32 Å². The Balaban J connectivity index is 2.03. The normalized spacial score (nSPS) is 10.3. The minimum atomic E-state index is -0.0991. The van der Waals surface area contributed by atoms with Crippen LogP contribution in [-0.2, 0) is 11.2 Å². The highest BCUT2D eigenvalue weighted by Gasteiger charge is 2.06. The molecule has 3 nitrogen and oxygen atoms in total. The van der Waals surface area contributed by atoms with Crippen LogP contribution < -0.4 is 5.32 Å². The van der Waals surface area contributed by atoms with E-state index in [1.165, 1.54) is 11.1 Å². The van der Waals surface area contributed by atoms with Crippen molar-refractivity contribution in [3.8, 4) is 0 Å². The number of carbonyl (C=O) groups excluding carboxylic acids is 1. The van der Waals surface area contributed by atoms with Crippen LogP contribution in [0.1, 0.15) is 16.7 Å². The Bertz CT molecular complexity index is 611. The van der Waals surface area contributed by atoms with Crippen molar-refractivity contribution in [2.24, 2.45) is 0 Å². The number of pyridine rings is 1. The highest BCUT2D eigenvalue weighted by atomic mass is 35.5. The Kier molecular flexibility index (Phi) is 4.17. The molecule has 1 aromatic heterocycles. The molecule has 0 atom stereocenters. The number of benzene rings is 1. The molecular weight excluding hydrogens is 260 g/mol. The summed E-state index contributed by atoms with van der Waals surface area (Å²) in [6.07, 6.45) is 1.89. The van der Waals surface area contributed by atoms with Gasteiger partial charge in [-0.15, -0.1) is 0 Å². The third kappa shape index (κ3) is 3.80. The summed E-state index contributed by atoms with van der Waals surface area (Å²) in [6.45, 7) is 4.09. The van der Waals surface area contributed by atoms with E-state index in [0.29, 0.717) is 17.3 Å². The van der Waals surface area contributed by atoms with Crippen LogP contribution >= 0.6 is 11.6 Å². The van der Waals surface area contributed by atoms with E-state index in [1.807, 2.05) is 25.1 Å². The lowest BCUT2D eigenvalue weighted by Gasteiger charge is -2.06. The quantitative estimate of drug-likeness (QED) is 0.930. The average molecular weight is 275 g/mol. The molecule has 0 bridgehead atoms. The first-order valence-electron chi connectivity index (χ1n) is 6.02. The van der Waals surface area contributed by atoms with E-state index in [9.17, 15) is 4.79 Å². The predicted molar refractivity (Wildman–Crippen MR) is 77.5 cm³/mol. The zero-order chi connectivity index (χ0) is 13.8. The molecule has 0 radical (unpaired) electrons. The zero-order valence-electron chi connectivity index (χ0n) is 10.9. The maximum Gasteiger partial charge on any atom is 0.229 e. The Hall–Kier alpha value is -1.87. The van der Waals surface area contributed by atoms with Crippen LogP contribution in [-0.4, -0.2) is 10.9 Å². The molecular formula is C15H15ClN2O. The van der Waals surface area contributed by atoms with Crippen LogP contribution in [0, 0.1) is 13.8 Å². The zero-order valence-corrected chi connectivity index (χ0v) is 11.7. The molecule has 98 valence electrons. The molecule has 0 aliphatic rings. The van der Waals surface area contributed by atoms with E-state index < -0.39 is 0 Å². The Morgan fingerprint density at radius 2 is 2.00 bits per heavy atom. The van der Waals surface area contributed by atoms with Gasteiger partial charge >= 0.3 is 0 Å². The summed E-state index contributed by atoms with van der Waals surface area (Å²) in [5, 5.41) is 3.28. The second-order valence-corrected chi connectivity index (χ2v) is 4.94. The van der Waals surface area contributed by atoms with Crippen molar-refractivity contribution in [2.45, 2.75) is 20.3 Å². The lowest BCUT2D eigenvalue weighted by atomic mass is 10.0. The van der Waals surface area contributed by atoms with Gasteiger partial charge in [-0.2, -0.15) is 0 Å². The number of aryl methyl sites for hydroxylation is 2. The molecule has 0 spiro atoms. The van der Waals surface area contributed by atoms with Gasteiger partial charge in [-0.1, -0.05) is 29.8 Å². The topological polar surface area (TPSA) is 42.0 Å². The molecule has 1 amide bonds. The molecule has 2 aromatic rings. The third-order valence-electron chi connectivity index (χ3n) is 2.93. The highest BCUT2D eigenvalue weighted by molar-refractivity contribution is 6.30. The predicted octanol–water partition coefficient (Wildman–Crippen LogP) is 3.53. The van der Waals surface area contributed by atoms with Crippen molar-refractivity contribution < 1.29 is 4.79 Å². The van der Waals surface area contributed by atoms with E-state index in [2.05, 4.69) is 17.2 Å². The molecule has 0 fully saturated rings. The Labute approximate surface area is 117 Å². The summed E-state index contributed by atoms with van der Waals surface area (Å²) in [5.41, 5.74) is 3.40. The maximum absolute atomic E-state index is 11.9. The van der Waals surface area contributed by atoms with Crippen molar-refractivity contribution >= 4 is 23.3 Å². The Morgan fingerprint density at radius 1 is 1.21 bits per heavy atom. The van der Waals surface area contributed by atoms with E-state index in [-0.39, 0.29) is 5.91 Å². The average Bonchev–Trinajstić information content (AvgIpc) is 2.34. The number of hydrogen-bond acceptors (Lipinski definition) is 2. The van der Waals surface area contributed by atoms with E-state index in [4.69, 9.17) is 11.6 Å². The van der Waals surface area contributed by atoms with E-state index in [0.717, 1.165) is 5.56 Å². The van der Waals surface area contributed by atoms with Crippen LogP contribution in [0.3, 0.4) is 0 Å². The first-order chi connectivity index (χ1) is 9.04. The van der Waals surface area contributed by atoms with Gasteiger partial charge in [-0.05, 0) is 42.7 Å². The SMILES string of the molecule is Cc1ccc(CC(=O)Nc2cc(Cl)ccn2)cc1C. The van der Waals surface area contributed by atoms with Gasteiger partial charge in [-0.25, -0.2) is 4.98 Å².